The van der Waals surface area contributed by atoms with Gasteiger partial charge in [0.05, 0.1) is 5.69 Å². The first-order valence-corrected chi connectivity index (χ1v) is 8.91. The van der Waals surface area contributed by atoms with Gasteiger partial charge in [-0.2, -0.15) is 0 Å². The predicted molar refractivity (Wildman–Crippen MR) is 92.4 cm³/mol. The van der Waals surface area contributed by atoms with Crippen molar-refractivity contribution in [3.63, 3.8) is 0 Å². The van der Waals surface area contributed by atoms with Crippen molar-refractivity contribution in [1.82, 2.24) is 10.2 Å². The zero-order valence-corrected chi connectivity index (χ0v) is 15.1. The lowest BCUT2D eigenvalue weighted by atomic mass is 9.73. The van der Waals surface area contributed by atoms with Crippen LogP contribution in [0.3, 0.4) is 0 Å². The first kappa shape index (κ1) is 20.0. The van der Waals surface area contributed by atoms with Gasteiger partial charge in [-0.15, -0.1) is 13.2 Å². The van der Waals surface area contributed by atoms with Gasteiger partial charge in [-0.05, 0) is 30.9 Å². The van der Waals surface area contributed by atoms with Crippen molar-refractivity contribution in [3.8, 4) is 5.75 Å². The van der Waals surface area contributed by atoms with E-state index in [2.05, 4.69) is 15.4 Å². The molecule has 7 nitrogen and oxygen atoms in total. The molecule has 0 radical (unpaired) electrons. The second-order valence-electron chi connectivity index (χ2n) is 7.03. The molecular formula is C18H20F3N3O4. The van der Waals surface area contributed by atoms with Crippen molar-refractivity contribution in [2.45, 2.75) is 44.5 Å². The molecule has 2 unspecified atom stereocenters. The van der Waals surface area contributed by atoms with Crippen molar-refractivity contribution in [2.75, 3.05) is 11.9 Å². The van der Waals surface area contributed by atoms with Crippen LogP contribution in [0.15, 0.2) is 24.3 Å². The average Bonchev–Trinajstić information content (AvgIpc) is 2.83. The van der Waals surface area contributed by atoms with E-state index in [0.29, 0.717) is 6.42 Å². The summed E-state index contributed by atoms with van der Waals surface area (Å²) in [4.78, 5) is 38.2. The Kier molecular flexibility index (Phi) is 5.22. The summed E-state index contributed by atoms with van der Waals surface area (Å²) in [5.41, 5.74) is -1.22. The number of carbonyl (C=O) groups excluding carboxylic acids is 3. The molecule has 28 heavy (non-hydrogen) atoms. The summed E-state index contributed by atoms with van der Waals surface area (Å²) in [6.45, 7) is 1.28. The highest BCUT2D eigenvalue weighted by atomic mass is 19.4. The zero-order valence-electron chi connectivity index (χ0n) is 15.1. The number of ether oxygens (including phenoxy) is 1. The molecule has 0 aromatic heterocycles. The maximum absolute atomic E-state index is 12.8. The minimum Gasteiger partial charge on any atom is -0.404 e. The van der Waals surface area contributed by atoms with E-state index in [0.717, 1.165) is 30.2 Å². The number of hydrogen-bond donors (Lipinski definition) is 2. The zero-order chi connectivity index (χ0) is 20.5. The lowest BCUT2D eigenvalue weighted by Gasteiger charge is -2.36. The molecular weight excluding hydrogens is 379 g/mol. The highest BCUT2D eigenvalue weighted by Gasteiger charge is 2.55. The average molecular weight is 399 g/mol. The summed E-state index contributed by atoms with van der Waals surface area (Å²) in [5, 5.41) is 4.98. The number of urea groups is 1. The van der Waals surface area contributed by atoms with Gasteiger partial charge in [-0.25, -0.2) is 4.79 Å². The molecule has 2 N–H and O–H groups in total. The van der Waals surface area contributed by atoms with E-state index in [1.807, 2.05) is 6.92 Å². The van der Waals surface area contributed by atoms with E-state index < -0.39 is 42.0 Å². The van der Waals surface area contributed by atoms with Crippen molar-refractivity contribution in [3.05, 3.63) is 24.3 Å². The summed E-state index contributed by atoms with van der Waals surface area (Å²) in [5.74, 6) is -1.92. The topological polar surface area (TPSA) is 87.7 Å². The smallest absolute Gasteiger partial charge is 0.404 e. The van der Waals surface area contributed by atoms with Crippen LogP contribution in [0, 0.1) is 5.92 Å². The monoisotopic (exact) mass is 399 g/mol. The van der Waals surface area contributed by atoms with Crippen LogP contribution in [-0.4, -0.2) is 41.2 Å². The summed E-state index contributed by atoms with van der Waals surface area (Å²) < 4.78 is 41.3. The molecule has 1 saturated heterocycles. The fourth-order valence-corrected chi connectivity index (χ4v) is 3.76. The lowest BCUT2D eigenvalue weighted by molar-refractivity contribution is -0.274. The van der Waals surface area contributed by atoms with Gasteiger partial charge in [0.15, 0.2) is 5.75 Å². The number of carbonyl (C=O) groups is 3. The Morgan fingerprint density at radius 2 is 2.04 bits per heavy atom. The second-order valence-corrected chi connectivity index (χ2v) is 7.03. The predicted octanol–water partition coefficient (Wildman–Crippen LogP) is 3.02. The van der Waals surface area contributed by atoms with E-state index in [1.165, 1.54) is 18.2 Å². The van der Waals surface area contributed by atoms with Crippen molar-refractivity contribution in [1.29, 1.82) is 0 Å². The van der Waals surface area contributed by atoms with Crippen LogP contribution in [0.5, 0.6) is 5.75 Å². The van der Waals surface area contributed by atoms with Crippen LogP contribution in [-0.2, 0) is 9.59 Å². The van der Waals surface area contributed by atoms with Crippen molar-refractivity contribution < 1.29 is 32.3 Å². The molecule has 2 fully saturated rings. The fraction of sp³-hybridized carbons (Fsp3) is 0.500. The number of halogens is 3. The third-order valence-electron chi connectivity index (χ3n) is 5.19. The molecule has 10 heteroatoms. The van der Waals surface area contributed by atoms with Gasteiger partial charge in [0, 0.05) is 0 Å². The molecule has 152 valence electrons. The number of para-hydroxylation sites is 2. The Balaban J connectivity index is 1.71. The third kappa shape index (κ3) is 3.90. The molecule has 1 saturated carbocycles. The summed E-state index contributed by atoms with van der Waals surface area (Å²) in [6, 6.07) is 4.35. The Morgan fingerprint density at radius 3 is 2.71 bits per heavy atom. The van der Waals surface area contributed by atoms with Crippen molar-refractivity contribution >= 4 is 23.5 Å². The second kappa shape index (κ2) is 7.33. The first-order chi connectivity index (χ1) is 13.1. The van der Waals surface area contributed by atoms with Gasteiger partial charge in [0.2, 0.25) is 5.91 Å². The molecule has 2 aliphatic rings. The number of amides is 4. The number of nitrogens with one attached hydrogen (secondary N) is 2. The summed E-state index contributed by atoms with van der Waals surface area (Å²) in [6.07, 6.45) is -1.89. The van der Waals surface area contributed by atoms with E-state index in [9.17, 15) is 27.6 Å². The van der Waals surface area contributed by atoms with Gasteiger partial charge < -0.3 is 15.4 Å². The molecule has 2 atom stereocenters. The van der Waals surface area contributed by atoms with Gasteiger partial charge in [0.1, 0.15) is 12.1 Å². The van der Waals surface area contributed by atoms with Crippen LogP contribution in [0.2, 0.25) is 0 Å². The summed E-state index contributed by atoms with van der Waals surface area (Å²) in [7, 11) is 0. The van der Waals surface area contributed by atoms with Crippen molar-refractivity contribution in [2.24, 2.45) is 5.92 Å². The molecule has 1 heterocycles. The third-order valence-corrected chi connectivity index (χ3v) is 5.19. The number of imide groups is 1. The summed E-state index contributed by atoms with van der Waals surface area (Å²) >= 11 is 0. The Hall–Kier alpha value is -2.78. The highest BCUT2D eigenvalue weighted by molar-refractivity contribution is 6.10. The number of nitrogens with zero attached hydrogens (tertiary/aromatic N) is 1. The number of benzene rings is 1. The lowest BCUT2D eigenvalue weighted by Crippen LogP contribution is -2.54. The molecule has 4 amide bonds. The Bertz CT molecular complexity index is 799. The van der Waals surface area contributed by atoms with Crippen LogP contribution in [0.4, 0.5) is 23.7 Å². The van der Waals surface area contributed by atoms with E-state index >= 15 is 0 Å². The van der Waals surface area contributed by atoms with E-state index in [4.69, 9.17) is 0 Å². The van der Waals surface area contributed by atoms with E-state index in [1.54, 1.807) is 0 Å². The number of hydrogen-bond acceptors (Lipinski definition) is 4. The SMILES string of the molecule is CC1CCCCC12NC(=O)N(CC(=O)Nc1ccccc1OC(F)(F)F)C2=O. The molecule has 1 aromatic carbocycles. The van der Waals surface area contributed by atoms with Crippen LogP contribution in [0.1, 0.15) is 32.6 Å². The maximum Gasteiger partial charge on any atom is 0.573 e. The van der Waals surface area contributed by atoms with Crippen LogP contribution >= 0.6 is 0 Å². The largest absolute Gasteiger partial charge is 0.573 e. The quantitative estimate of drug-likeness (QED) is 0.762. The van der Waals surface area contributed by atoms with Crippen LogP contribution in [0.25, 0.3) is 0 Å². The fourth-order valence-electron chi connectivity index (χ4n) is 3.76. The van der Waals surface area contributed by atoms with Crippen LogP contribution < -0.4 is 15.4 Å². The number of rotatable bonds is 4. The minimum absolute atomic E-state index is 0.0633. The minimum atomic E-state index is -4.92. The van der Waals surface area contributed by atoms with Gasteiger partial charge in [-0.3, -0.25) is 14.5 Å². The highest BCUT2D eigenvalue weighted by Crippen LogP contribution is 2.38. The number of alkyl halides is 3. The molecule has 0 bridgehead atoms. The number of anilines is 1. The normalized spacial score (nSPS) is 25.0. The standard InChI is InChI=1S/C18H20F3N3O4/c1-11-6-4-5-9-17(11)15(26)24(16(27)23-17)10-14(25)22-12-7-2-3-8-13(12)28-18(19,20)21/h2-3,7-8,11H,4-6,9-10H2,1H3,(H,22,25)(H,23,27). The maximum atomic E-state index is 12.8. The van der Waals surface area contributed by atoms with Gasteiger partial charge in [0.25, 0.3) is 5.91 Å². The Morgan fingerprint density at radius 1 is 1.32 bits per heavy atom. The van der Waals surface area contributed by atoms with Gasteiger partial charge in [-0.1, -0.05) is 31.9 Å². The van der Waals surface area contributed by atoms with E-state index in [-0.39, 0.29) is 11.6 Å². The van der Waals surface area contributed by atoms with Gasteiger partial charge >= 0.3 is 12.4 Å². The Labute approximate surface area is 159 Å². The molecule has 3 rings (SSSR count). The molecule has 1 spiro atoms. The molecule has 1 aliphatic heterocycles. The molecule has 1 aromatic rings. The first-order valence-electron chi connectivity index (χ1n) is 8.91. The molecule has 1 aliphatic carbocycles.